The van der Waals surface area contributed by atoms with Crippen molar-refractivity contribution in [2.45, 2.75) is 0 Å². The summed E-state index contributed by atoms with van der Waals surface area (Å²) in [5.74, 6) is -0.124. The Morgan fingerprint density at radius 3 is 2.17 bits per heavy atom. The summed E-state index contributed by atoms with van der Waals surface area (Å²) in [4.78, 5) is 11.1. The summed E-state index contributed by atoms with van der Waals surface area (Å²) >= 11 is 0.622. The monoisotopic (exact) mass is 179 g/mol. The molecule has 1 aromatic rings. The molecule has 0 saturated carbocycles. The van der Waals surface area contributed by atoms with Gasteiger partial charge in [0.05, 0.1) is 0 Å². The molecule has 0 bridgehead atoms. The predicted molar refractivity (Wildman–Crippen MR) is 51.3 cm³/mol. The normalized spacial score (nSPS) is 9.33. The molecule has 62 valence electrons. The van der Waals surface area contributed by atoms with Crippen LogP contribution in [0.1, 0.15) is 10.4 Å². The minimum absolute atomic E-state index is 0.124. The van der Waals surface area contributed by atoms with E-state index in [-0.39, 0.29) is 5.91 Å². The number of nitrogens with one attached hydrogen (secondary N) is 1. The maximum atomic E-state index is 11.1. The molecule has 0 saturated heterocycles. The zero-order valence-electron chi connectivity index (χ0n) is 6.79. The summed E-state index contributed by atoms with van der Waals surface area (Å²) in [5, 5.41) is 0. The summed E-state index contributed by atoms with van der Waals surface area (Å²) in [6, 6.07) is 4.82. The Balaban J connectivity index is 3.08. The van der Waals surface area contributed by atoms with Gasteiger partial charge in [0.25, 0.3) is 0 Å². The van der Waals surface area contributed by atoms with Crippen LogP contribution in [0.3, 0.4) is 0 Å². The van der Waals surface area contributed by atoms with E-state index >= 15 is 0 Å². The lowest BCUT2D eigenvalue weighted by molar-refractivity contribution is 0.0981. The van der Waals surface area contributed by atoms with Gasteiger partial charge in [-0.3, -0.25) is 4.79 Å². The van der Waals surface area contributed by atoms with Gasteiger partial charge in [-0.25, -0.2) is 0 Å². The second-order valence-electron chi connectivity index (χ2n) is 2.47. The highest BCUT2D eigenvalue weighted by atomic mass is 27.1. The van der Waals surface area contributed by atoms with Crippen LogP contribution in [0.15, 0.2) is 18.2 Å². The van der Waals surface area contributed by atoms with E-state index in [0.717, 1.165) is 0 Å². The largest absolute Gasteiger partial charge is 0.449 e. The van der Waals surface area contributed by atoms with Crippen LogP contribution in [0.5, 0.6) is 0 Å². The van der Waals surface area contributed by atoms with Gasteiger partial charge in [0.15, 0.2) is 0 Å². The molecule has 5 N–H and O–H groups in total. The Morgan fingerprint density at radius 1 is 1.25 bits per heavy atom. The van der Waals surface area contributed by atoms with Crippen LogP contribution < -0.4 is 15.8 Å². The van der Waals surface area contributed by atoms with Gasteiger partial charge in [0, 0.05) is 16.9 Å². The minimum Gasteiger partial charge on any atom is -0.449 e. The second kappa shape index (κ2) is 3.48. The van der Waals surface area contributed by atoms with Crippen molar-refractivity contribution >= 4 is 33.8 Å². The molecule has 0 aromatic heterocycles. The van der Waals surface area contributed by atoms with Crippen molar-refractivity contribution in [1.82, 2.24) is 4.30 Å². The molecule has 0 atom stereocenters. The second-order valence-corrected chi connectivity index (χ2v) is 2.97. The van der Waals surface area contributed by atoms with E-state index in [1.807, 2.05) is 0 Å². The Hall–Kier alpha value is -1.18. The van der Waals surface area contributed by atoms with E-state index in [2.05, 4.69) is 4.30 Å². The lowest BCUT2D eigenvalue weighted by Crippen LogP contribution is -2.19. The van der Waals surface area contributed by atoms with Gasteiger partial charge in [0.2, 0.25) is 5.91 Å². The van der Waals surface area contributed by atoms with Gasteiger partial charge < -0.3 is 15.8 Å². The zero-order valence-corrected chi connectivity index (χ0v) is 8.79. The van der Waals surface area contributed by atoms with Crippen LogP contribution in [0.2, 0.25) is 0 Å². The molecule has 1 rings (SSSR count). The smallest absolute Gasteiger partial charge is 0.364 e. The molecule has 0 unspecified atom stereocenters. The van der Waals surface area contributed by atoms with E-state index < -0.39 is 0 Å². The first-order valence-corrected chi connectivity index (χ1v) is 4.51. The van der Waals surface area contributed by atoms with Crippen molar-refractivity contribution in [2.24, 2.45) is 0 Å². The lowest BCUT2D eigenvalue weighted by atomic mass is 10.2. The number of hydrogen-bond donors (Lipinski definition) is 3. The van der Waals surface area contributed by atoms with Gasteiger partial charge in [0.1, 0.15) is 0 Å². The average molecular weight is 179 g/mol. The Bertz CT molecular complexity index is 293. The molecule has 4 nitrogen and oxygen atoms in total. The Labute approximate surface area is 78.6 Å². The molecule has 0 aliphatic heterocycles. The standard InChI is InChI=1S/C7H9N3O.Al.2H/c8-5-1-4(7(10)11)2-6(9)3-5;;;/h1-3H,8-9H2,(H2,10,11);;;/q;+1;;/p-1. The molecule has 0 radical (unpaired) electrons. The Kier molecular flexibility index (Phi) is 2.59. The maximum absolute atomic E-state index is 11.1. The summed E-state index contributed by atoms with van der Waals surface area (Å²) < 4.78 is 2.62. The van der Waals surface area contributed by atoms with Crippen molar-refractivity contribution < 1.29 is 4.79 Å². The molecule has 5 heteroatoms. The summed E-state index contributed by atoms with van der Waals surface area (Å²) in [5.41, 5.74) is 12.5. The first kappa shape index (κ1) is 8.91. The fourth-order valence-corrected chi connectivity index (χ4v) is 1.24. The minimum atomic E-state index is -0.124. The maximum Gasteiger partial charge on any atom is 0.364 e. The van der Waals surface area contributed by atoms with Crippen LogP contribution >= 0.6 is 0 Å². The third kappa shape index (κ3) is 1.91. The van der Waals surface area contributed by atoms with Crippen LogP contribution in [0.25, 0.3) is 0 Å². The van der Waals surface area contributed by atoms with E-state index in [1.54, 1.807) is 18.2 Å². The molecule has 0 heterocycles. The van der Waals surface area contributed by atoms with Crippen molar-refractivity contribution in [1.29, 1.82) is 0 Å². The number of carbonyl (C=O) groups is 1. The molecule has 0 aliphatic rings. The van der Waals surface area contributed by atoms with Crippen molar-refractivity contribution in [3.8, 4) is 0 Å². The first-order chi connectivity index (χ1) is 5.63. The van der Waals surface area contributed by atoms with E-state index in [9.17, 15) is 4.79 Å². The third-order valence-corrected chi connectivity index (χ3v) is 1.92. The Morgan fingerprint density at radius 2 is 1.75 bits per heavy atom. The molecular formula is C7H10AlN3O. The molecule has 0 spiro atoms. The van der Waals surface area contributed by atoms with Gasteiger partial charge in [-0.1, -0.05) is 0 Å². The topological polar surface area (TPSA) is 81.1 Å². The quantitative estimate of drug-likeness (QED) is 0.387. The molecule has 1 aromatic carbocycles. The number of benzene rings is 1. The van der Waals surface area contributed by atoms with E-state index in [4.69, 9.17) is 11.5 Å². The molecule has 0 aliphatic carbocycles. The molecule has 12 heavy (non-hydrogen) atoms. The lowest BCUT2D eigenvalue weighted by Gasteiger charge is -2.02. The highest BCUT2D eigenvalue weighted by Gasteiger charge is 2.03. The van der Waals surface area contributed by atoms with Crippen LogP contribution in [-0.4, -0.2) is 22.4 Å². The zero-order chi connectivity index (χ0) is 9.14. The van der Waals surface area contributed by atoms with Crippen LogP contribution in [0, 0.1) is 0 Å². The number of nitrogen functional groups attached to an aromatic ring is 2. The number of nitrogens with two attached hydrogens (primary N) is 2. The fraction of sp³-hybridized carbons (Fsp3) is 0. The highest BCUT2D eigenvalue weighted by Crippen LogP contribution is 2.12. The van der Waals surface area contributed by atoms with Crippen molar-refractivity contribution in [3.63, 3.8) is 0 Å². The molecular weight excluding hydrogens is 169 g/mol. The summed E-state index contributed by atoms with van der Waals surface area (Å²) in [6.45, 7) is 0. The van der Waals surface area contributed by atoms with Crippen molar-refractivity contribution in [3.05, 3.63) is 23.8 Å². The fourth-order valence-electron chi connectivity index (χ4n) is 0.952. The third-order valence-electron chi connectivity index (χ3n) is 1.47. The predicted octanol–water partition coefficient (Wildman–Crippen LogP) is -0.871. The SMILES string of the molecule is Nc1cc(N)cc(C(=O)[NH][AlH2])c1. The summed E-state index contributed by atoms with van der Waals surface area (Å²) in [7, 11) is 0. The number of carbonyl (C=O) groups excluding carboxylic acids is 1. The van der Waals surface area contributed by atoms with E-state index in [1.165, 1.54) is 0 Å². The van der Waals surface area contributed by atoms with Crippen LogP contribution in [0.4, 0.5) is 11.4 Å². The summed E-state index contributed by atoms with van der Waals surface area (Å²) in [6.07, 6.45) is 0. The molecule has 1 amide bonds. The first-order valence-electron chi connectivity index (χ1n) is 3.51. The number of amides is 1. The average Bonchev–Trinajstić information content (AvgIpc) is 2.01. The number of rotatable bonds is 1. The van der Waals surface area contributed by atoms with Crippen LogP contribution in [-0.2, 0) is 0 Å². The molecule has 0 fully saturated rings. The highest BCUT2D eigenvalue weighted by molar-refractivity contribution is 6.18. The number of anilines is 2. The van der Waals surface area contributed by atoms with Crippen molar-refractivity contribution in [2.75, 3.05) is 11.5 Å². The van der Waals surface area contributed by atoms with Gasteiger partial charge in [-0.05, 0) is 18.2 Å². The van der Waals surface area contributed by atoms with Gasteiger partial charge in [-0.2, -0.15) is 0 Å². The van der Waals surface area contributed by atoms with Gasteiger partial charge >= 0.3 is 16.5 Å². The van der Waals surface area contributed by atoms with Gasteiger partial charge in [-0.15, -0.1) is 0 Å². The number of hydrogen-bond acceptors (Lipinski definition) is 3. The van der Waals surface area contributed by atoms with E-state index in [0.29, 0.717) is 33.4 Å².